The van der Waals surface area contributed by atoms with Crippen LogP contribution in [0.5, 0.6) is 0 Å². The van der Waals surface area contributed by atoms with Crippen molar-refractivity contribution in [2.24, 2.45) is 0 Å². The van der Waals surface area contributed by atoms with E-state index in [9.17, 15) is 21.6 Å². The fourth-order valence-electron chi connectivity index (χ4n) is 2.08. The Bertz CT molecular complexity index is 790. The van der Waals surface area contributed by atoms with Crippen molar-refractivity contribution in [2.45, 2.75) is 24.5 Å². The largest absolute Gasteiger partial charge is 0.416 e. The van der Waals surface area contributed by atoms with Crippen molar-refractivity contribution in [2.75, 3.05) is 7.05 Å². The Morgan fingerprint density at radius 2 is 1.91 bits per heavy atom. The minimum absolute atomic E-state index is 0.0192. The maximum atomic E-state index is 12.9. The van der Waals surface area contributed by atoms with Gasteiger partial charge in [0.15, 0.2) is 0 Å². The molecule has 0 fully saturated rings. The fraction of sp³-hybridized carbons (Fsp3) is 0.267. The minimum atomic E-state index is -4.60. The van der Waals surface area contributed by atoms with Gasteiger partial charge in [0.05, 0.1) is 10.5 Å². The summed E-state index contributed by atoms with van der Waals surface area (Å²) in [4.78, 5) is 3.49. The molecular formula is C15H15F3N2O2S. The third kappa shape index (κ3) is 3.89. The van der Waals surface area contributed by atoms with Crippen LogP contribution in [0, 0.1) is 6.92 Å². The molecule has 4 nitrogen and oxygen atoms in total. The first kappa shape index (κ1) is 17.4. The van der Waals surface area contributed by atoms with E-state index in [-0.39, 0.29) is 17.0 Å². The monoisotopic (exact) mass is 344 g/mol. The van der Waals surface area contributed by atoms with Crippen LogP contribution < -0.4 is 0 Å². The van der Waals surface area contributed by atoms with Crippen LogP contribution in [-0.4, -0.2) is 24.8 Å². The van der Waals surface area contributed by atoms with E-state index in [1.807, 2.05) is 0 Å². The molecule has 0 atom stereocenters. The van der Waals surface area contributed by atoms with Gasteiger partial charge in [0.1, 0.15) is 0 Å². The molecule has 2 aromatic rings. The van der Waals surface area contributed by atoms with E-state index in [4.69, 9.17) is 0 Å². The van der Waals surface area contributed by atoms with Crippen LogP contribution in [-0.2, 0) is 22.7 Å². The first-order valence-corrected chi connectivity index (χ1v) is 8.09. The predicted molar refractivity (Wildman–Crippen MR) is 79.1 cm³/mol. The topological polar surface area (TPSA) is 50.3 Å². The van der Waals surface area contributed by atoms with Crippen LogP contribution in [0.3, 0.4) is 0 Å². The quantitative estimate of drug-likeness (QED) is 0.856. The van der Waals surface area contributed by atoms with Gasteiger partial charge >= 0.3 is 6.18 Å². The highest BCUT2D eigenvalue weighted by molar-refractivity contribution is 7.89. The third-order valence-corrected chi connectivity index (χ3v) is 5.15. The highest BCUT2D eigenvalue weighted by Gasteiger charge is 2.34. The number of halogens is 3. The lowest BCUT2D eigenvalue weighted by molar-refractivity contribution is -0.138. The average Bonchev–Trinajstić information content (AvgIpc) is 2.47. The maximum Gasteiger partial charge on any atom is 0.416 e. The van der Waals surface area contributed by atoms with Crippen LogP contribution in [0.25, 0.3) is 0 Å². The number of hydrogen-bond acceptors (Lipinski definition) is 3. The first-order valence-electron chi connectivity index (χ1n) is 6.65. The Hall–Kier alpha value is -1.93. The second kappa shape index (κ2) is 6.29. The fourth-order valence-corrected chi connectivity index (χ4v) is 3.27. The van der Waals surface area contributed by atoms with Crippen molar-refractivity contribution in [3.05, 3.63) is 59.4 Å². The van der Waals surface area contributed by atoms with E-state index in [0.717, 1.165) is 10.4 Å². The molecule has 0 unspecified atom stereocenters. The Morgan fingerprint density at radius 1 is 1.22 bits per heavy atom. The summed E-state index contributed by atoms with van der Waals surface area (Å²) in [5.74, 6) is 0. The van der Waals surface area contributed by atoms with E-state index >= 15 is 0 Å². The summed E-state index contributed by atoms with van der Waals surface area (Å²) in [7, 11) is -2.72. The first-order chi connectivity index (χ1) is 10.6. The van der Waals surface area contributed by atoms with E-state index in [2.05, 4.69) is 4.98 Å². The summed E-state index contributed by atoms with van der Waals surface area (Å²) in [6, 6.07) is 6.36. The van der Waals surface area contributed by atoms with E-state index in [0.29, 0.717) is 11.6 Å². The summed E-state index contributed by atoms with van der Waals surface area (Å²) in [5, 5.41) is 0. The molecule has 0 aliphatic rings. The Morgan fingerprint density at radius 3 is 2.48 bits per heavy atom. The van der Waals surface area contributed by atoms with Gasteiger partial charge in [0.25, 0.3) is 0 Å². The zero-order valence-electron chi connectivity index (χ0n) is 12.5. The molecule has 0 aliphatic heterocycles. The van der Waals surface area contributed by atoms with E-state index in [1.165, 1.54) is 26.2 Å². The number of sulfonamides is 1. The zero-order valence-corrected chi connectivity index (χ0v) is 13.3. The SMILES string of the molecule is Cc1ccc(S(=O)(=O)N(C)Cc2cccnc2)cc1C(F)(F)F. The zero-order chi connectivity index (χ0) is 17.3. The van der Waals surface area contributed by atoms with Gasteiger partial charge in [0.2, 0.25) is 10.0 Å². The van der Waals surface area contributed by atoms with Crippen LogP contribution in [0.1, 0.15) is 16.7 Å². The Kier molecular flexibility index (Phi) is 4.76. The molecule has 0 aliphatic carbocycles. The standard InChI is InChI=1S/C15H15F3N2O2S/c1-11-5-6-13(8-14(11)15(16,17)18)23(21,22)20(2)10-12-4-3-7-19-9-12/h3-9H,10H2,1-2H3. The molecule has 0 N–H and O–H groups in total. The van der Waals surface area contributed by atoms with Crippen molar-refractivity contribution >= 4 is 10.0 Å². The number of benzene rings is 1. The number of aryl methyl sites for hydroxylation is 1. The van der Waals surface area contributed by atoms with Gasteiger partial charge in [-0.05, 0) is 36.2 Å². The predicted octanol–water partition coefficient (Wildman–Crippen LogP) is 3.23. The van der Waals surface area contributed by atoms with Crippen molar-refractivity contribution in [1.29, 1.82) is 0 Å². The highest BCUT2D eigenvalue weighted by Crippen LogP contribution is 2.33. The van der Waals surface area contributed by atoms with Crippen molar-refractivity contribution in [3.63, 3.8) is 0 Å². The number of hydrogen-bond donors (Lipinski definition) is 0. The van der Waals surface area contributed by atoms with Crippen LogP contribution in [0.2, 0.25) is 0 Å². The number of alkyl halides is 3. The van der Waals surface area contributed by atoms with Crippen LogP contribution >= 0.6 is 0 Å². The number of aromatic nitrogens is 1. The molecule has 1 heterocycles. The average molecular weight is 344 g/mol. The van der Waals surface area contributed by atoms with Gasteiger partial charge < -0.3 is 0 Å². The van der Waals surface area contributed by atoms with Gasteiger partial charge in [-0.2, -0.15) is 17.5 Å². The number of pyridine rings is 1. The summed E-state index contributed by atoms with van der Waals surface area (Å²) in [6.07, 6.45) is -1.55. The lowest BCUT2D eigenvalue weighted by Crippen LogP contribution is -2.27. The van der Waals surface area contributed by atoms with Crippen molar-refractivity contribution < 1.29 is 21.6 Å². The van der Waals surface area contributed by atoms with Gasteiger partial charge in [-0.3, -0.25) is 4.98 Å². The van der Waals surface area contributed by atoms with Gasteiger partial charge in [-0.15, -0.1) is 0 Å². The van der Waals surface area contributed by atoms with Crippen molar-refractivity contribution in [3.8, 4) is 0 Å². The molecular weight excluding hydrogens is 329 g/mol. The number of rotatable bonds is 4. The summed E-state index contributed by atoms with van der Waals surface area (Å²) >= 11 is 0. The van der Waals surface area contributed by atoms with E-state index in [1.54, 1.807) is 18.3 Å². The van der Waals surface area contributed by atoms with Crippen LogP contribution in [0.15, 0.2) is 47.6 Å². The lowest BCUT2D eigenvalue weighted by Gasteiger charge is -2.19. The number of nitrogens with zero attached hydrogens (tertiary/aromatic N) is 2. The molecule has 1 aromatic heterocycles. The Labute approximate surface area is 132 Å². The highest BCUT2D eigenvalue weighted by atomic mass is 32.2. The lowest BCUT2D eigenvalue weighted by atomic mass is 10.1. The second-order valence-corrected chi connectivity index (χ2v) is 7.14. The molecule has 23 heavy (non-hydrogen) atoms. The molecule has 0 saturated carbocycles. The molecule has 2 rings (SSSR count). The molecule has 0 amide bonds. The smallest absolute Gasteiger partial charge is 0.264 e. The van der Waals surface area contributed by atoms with E-state index < -0.39 is 21.8 Å². The third-order valence-electron chi connectivity index (χ3n) is 3.35. The molecule has 0 bridgehead atoms. The molecule has 8 heteroatoms. The van der Waals surface area contributed by atoms with Gasteiger partial charge in [0, 0.05) is 26.0 Å². The summed E-state index contributed by atoms with van der Waals surface area (Å²) < 4.78 is 64.8. The minimum Gasteiger partial charge on any atom is -0.264 e. The molecule has 0 spiro atoms. The Balaban J connectivity index is 2.36. The summed E-state index contributed by atoms with van der Waals surface area (Å²) in [6.45, 7) is 1.31. The molecule has 0 saturated heterocycles. The van der Waals surface area contributed by atoms with Crippen molar-refractivity contribution in [1.82, 2.24) is 9.29 Å². The molecule has 1 aromatic carbocycles. The molecule has 124 valence electrons. The van der Waals surface area contributed by atoms with Crippen LogP contribution in [0.4, 0.5) is 13.2 Å². The normalized spacial score (nSPS) is 12.6. The maximum absolute atomic E-state index is 12.9. The summed E-state index contributed by atoms with van der Waals surface area (Å²) in [5.41, 5.74) is -0.332. The molecule has 0 radical (unpaired) electrons. The second-order valence-electron chi connectivity index (χ2n) is 5.10. The van der Waals surface area contributed by atoms with Gasteiger partial charge in [-0.1, -0.05) is 12.1 Å². The van der Waals surface area contributed by atoms with Gasteiger partial charge in [-0.25, -0.2) is 8.42 Å².